The molecule has 7 heteroatoms. The number of anilines is 2. The Labute approximate surface area is 173 Å². The molecule has 1 aliphatic rings. The van der Waals surface area contributed by atoms with E-state index in [-0.39, 0.29) is 11.7 Å². The molecule has 0 saturated heterocycles. The molecule has 7 nitrogen and oxygen atoms in total. The van der Waals surface area contributed by atoms with Gasteiger partial charge in [0.05, 0.1) is 28.7 Å². The van der Waals surface area contributed by atoms with Gasteiger partial charge in [0.1, 0.15) is 5.76 Å². The topological polar surface area (TPSA) is 93.8 Å². The minimum Gasteiger partial charge on any atom is -0.469 e. The van der Waals surface area contributed by atoms with Gasteiger partial charge >= 0.3 is 0 Å². The van der Waals surface area contributed by atoms with Gasteiger partial charge in [0.2, 0.25) is 11.9 Å². The SMILES string of the molecule is Cc1cc2nc(Nc3ncc4c(n3)CC(c3ccco3)CC4=O)nc(C)c2cc1C. The van der Waals surface area contributed by atoms with Crippen LogP contribution in [0.25, 0.3) is 10.9 Å². The van der Waals surface area contributed by atoms with E-state index < -0.39 is 0 Å². The van der Waals surface area contributed by atoms with Crippen LogP contribution in [0, 0.1) is 20.8 Å². The van der Waals surface area contributed by atoms with Gasteiger partial charge in [-0.05, 0) is 56.2 Å². The highest BCUT2D eigenvalue weighted by Crippen LogP contribution is 2.32. The van der Waals surface area contributed by atoms with Crippen molar-refractivity contribution >= 4 is 28.6 Å². The Hall–Kier alpha value is -3.61. The first kappa shape index (κ1) is 18.4. The third-order valence-electron chi connectivity index (χ3n) is 5.71. The van der Waals surface area contributed by atoms with Gasteiger partial charge in [0, 0.05) is 30.3 Å². The lowest BCUT2D eigenvalue weighted by molar-refractivity contribution is 0.0958. The fourth-order valence-electron chi connectivity index (χ4n) is 3.93. The van der Waals surface area contributed by atoms with Crippen LogP contribution in [0.15, 0.2) is 41.1 Å². The number of benzene rings is 1. The molecule has 0 amide bonds. The molecule has 3 heterocycles. The van der Waals surface area contributed by atoms with Crippen molar-refractivity contribution in [1.29, 1.82) is 0 Å². The van der Waals surface area contributed by atoms with Crippen molar-refractivity contribution in [2.24, 2.45) is 0 Å². The number of carbonyl (C=O) groups is 1. The van der Waals surface area contributed by atoms with Crippen LogP contribution in [-0.4, -0.2) is 25.7 Å². The molecule has 0 bridgehead atoms. The van der Waals surface area contributed by atoms with Crippen LogP contribution in [0.5, 0.6) is 0 Å². The quantitative estimate of drug-likeness (QED) is 0.538. The van der Waals surface area contributed by atoms with Crippen molar-refractivity contribution in [3.05, 3.63) is 70.6 Å². The Balaban J connectivity index is 1.47. The molecule has 5 rings (SSSR count). The molecule has 1 unspecified atom stereocenters. The summed E-state index contributed by atoms with van der Waals surface area (Å²) in [4.78, 5) is 30.7. The van der Waals surface area contributed by atoms with Crippen molar-refractivity contribution in [3.8, 4) is 0 Å². The fraction of sp³-hybridized carbons (Fsp3) is 0.261. The third-order valence-corrected chi connectivity index (χ3v) is 5.71. The van der Waals surface area contributed by atoms with E-state index >= 15 is 0 Å². The minimum absolute atomic E-state index is 0.00636. The number of hydrogen-bond donors (Lipinski definition) is 1. The van der Waals surface area contributed by atoms with Crippen LogP contribution >= 0.6 is 0 Å². The second-order valence-corrected chi connectivity index (χ2v) is 7.81. The van der Waals surface area contributed by atoms with E-state index in [2.05, 4.69) is 51.2 Å². The molecule has 0 radical (unpaired) electrons. The number of carbonyl (C=O) groups excluding carboxylic acids is 1. The summed E-state index contributed by atoms with van der Waals surface area (Å²) in [5.74, 6) is 1.65. The lowest BCUT2D eigenvalue weighted by Gasteiger charge is -2.21. The highest BCUT2D eigenvalue weighted by atomic mass is 16.3. The van der Waals surface area contributed by atoms with Crippen LogP contribution < -0.4 is 5.32 Å². The van der Waals surface area contributed by atoms with Crippen molar-refractivity contribution in [3.63, 3.8) is 0 Å². The molecule has 0 spiro atoms. The van der Waals surface area contributed by atoms with Crippen LogP contribution in [0.1, 0.15) is 51.0 Å². The summed E-state index contributed by atoms with van der Waals surface area (Å²) in [5, 5.41) is 4.14. The number of hydrogen-bond acceptors (Lipinski definition) is 7. The molecular formula is C23H21N5O2. The molecular weight excluding hydrogens is 378 g/mol. The summed E-state index contributed by atoms with van der Waals surface area (Å²) in [6.07, 6.45) is 4.25. The summed E-state index contributed by atoms with van der Waals surface area (Å²) < 4.78 is 5.50. The maximum Gasteiger partial charge on any atom is 0.230 e. The third kappa shape index (κ3) is 3.22. The van der Waals surface area contributed by atoms with E-state index in [1.165, 1.54) is 11.1 Å². The maximum atomic E-state index is 12.5. The molecule has 1 N–H and O–H groups in total. The molecule has 4 aromatic rings. The lowest BCUT2D eigenvalue weighted by atomic mass is 9.85. The molecule has 3 aromatic heterocycles. The van der Waals surface area contributed by atoms with Crippen molar-refractivity contribution in [2.75, 3.05) is 5.32 Å². The van der Waals surface area contributed by atoms with E-state index in [4.69, 9.17) is 4.42 Å². The first-order valence-electron chi connectivity index (χ1n) is 9.93. The number of aryl methyl sites for hydroxylation is 3. The smallest absolute Gasteiger partial charge is 0.230 e. The van der Waals surface area contributed by atoms with Gasteiger partial charge < -0.3 is 4.42 Å². The number of Topliss-reactive ketones (excluding diaryl/α,β-unsaturated/α-hetero) is 1. The number of ketones is 1. The van der Waals surface area contributed by atoms with E-state index in [9.17, 15) is 4.79 Å². The Morgan fingerprint density at radius 3 is 2.67 bits per heavy atom. The second-order valence-electron chi connectivity index (χ2n) is 7.81. The average Bonchev–Trinajstić information content (AvgIpc) is 3.24. The molecule has 30 heavy (non-hydrogen) atoms. The summed E-state index contributed by atoms with van der Waals surface area (Å²) >= 11 is 0. The van der Waals surface area contributed by atoms with Crippen LogP contribution in [0.3, 0.4) is 0 Å². The van der Waals surface area contributed by atoms with Crippen molar-refractivity contribution < 1.29 is 9.21 Å². The summed E-state index contributed by atoms with van der Waals surface area (Å²) in [6, 6.07) is 7.91. The van der Waals surface area contributed by atoms with Crippen LogP contribution in [-0.2, 0) is 6.42 Å². The lowest BCUT2D eigenvalue weighted by Crippen LogP contribution is -2.21. The number of furan rings is 1. The molecule has 0 aliphatic heterocycles. The number of fused-ring (bicyclic) bond motifs is 2. The van der Waals surface area contributed by atoms with Gasteiger partial charge in [-0.3, -0.25) is 10.1 Å². The van der Waals surface area contributed by atoms with E-state index in [0.29, 0.717) is 36.0 Å². The average molecular weight is 399 g/mol. The Bertz CT molecular complexity index is 1280. The Morgan fingerprint density at radius 1 is 1.03 bits per heavy atom. The minimum atomic E-state index is -0.00636. The normalized spacial score (nSPS) is 16.0. The zero-order chi connectivity index (χ0) is 20.8. The Kier molecular flexibility index (Phi) is 4.31. The van der Waals surface area contributed by atoms with Gasteiger partial charge in [0.25, 0.3) is 0 Å². The first-order valence-corrected chi connectivity index (χ1v) is 9.93. The fourth-order valence-corrected chi connectivity index (χ4v) is 3.93. The molecule has 0 saturated carbocycles. The van der Waals surface area contributed by atoms with E-state index in [1.54, 1.807) is 12.5 Å². The number of nitrogens with one attached hydrogen (secondary N) is 1. The zero-order valence-corrected chi connectivity index (χ0v) is 17.1. The van der Waals surface area contributed by atoms with Gasteiger partial charge in [-0.25, -0.2) is 19.9 Å². The van der Waals surface area contributed by atoms with E-state index in [0.717, 1.165) is 22.4 Å². The van der Waals surface area contributed by atoms with Crippen molar-refractivity contribution in [1.82, 2.24) is 19.9 Å². The number of nitrogens with zero attached hydrogens (tertiary/aromatic N) is 4. The predicted molar refractivity (Wildman–Crippen MR) is 113 cm³/mol. The zero-order valence-electron chi connectivity index (χ0n) is 17.1. The molecule has 1 atom stereocenters. The largest absolute Gasteiger partial charge is 0.469 e. The summed E-state index contributed by atoms with van der Waals surface area (Å²) in [5.41, 5.74) is 5.44. The first-order chi connectivity index (χ1) is 14.5. The molecule has 1 aliphatic carbocycles. The number of rotatable bonds is 3. The van der Waals surface area contributed by atoms with Crippen molar-refractivity contribution in [2.45, 2.75) is 39.5 Å². The maximum absolute atomic E-state index is 12.5. The molecule has 0 fully saturated rings. The van der Waals surface area contributed by atoms with Gasteiger partial charge in [-0.15, -0.1) is 0 Å². The summed E-state index contributed by atoms with van der Waals surface area (Å²) in [7, 11) is 0. The van der Waals surface area contributed by atoms with Gasteiger partial charge in [0.15, 0.2) is 5.78 Å². The molecule has 150 valence electrons. The van der Waals surface area contributed by atoms with Gasteiger partial charge in [-0.1, -0.05) is 0 Å². The van der Waals surface area contributed by atoms with Crippen LogP contribution in [0.2, 0.25) is 0 Å². The number of aromatic nitrogens is 4. The highest BCUT2D eigenvalue weighted by molar-refractivity contribution is 5.98. The predicted octanol–water partition coefficient (Wildman–Crippen LogP) is 4.59. The standard InChI is InChI=1S/C23H21N5O2/c1-12-7-16-14(3)25-23(27-18(16)8-13(12)2)28-22-24-11-17-19(26-22)9-15(10-20(17)29)21-5-4-6-30-21/h4-8,11,15H,9-10H2,1-3H3,(H,24,25,26,27,28). The highest BCUT2D eigenvalue weighted by Gasteiger charge is 2.29. The second kappa shape index (κ2) is 7.02. The van der Waals surface area contributed by atoms with Gasteiger partial charge in [-0.2, -0.15) is 0 Å². The van der Waals surface area contributed by atoms with Crippen LogP contribution in [0.4, 0.5) is 11.9 Å². The Morgan fingerprint density at radius 2 is 1.87 bits per heavy atom. The monoisotopic (exact) mass is 399 g/mol. The molecule has 1 aromatic carbocycles. The van der Waals surface area contributed by atoms with E-state index in [1.807, 2.05) is 19.1 Å². The summed E-state index contributed by atoms with van der Waals surface area (Å²) in [6.45, 7) is 6.11.